The molecule has 41 heavy (non-hydrogen) atoms. The number of hydrogen-bond donors (Lipinski definition) is 2. The van der Waals surface area contributed by atoms with Gasteiger partial charge in [-0.15, -0.1) is 0 Å². The maximum absolute atomic E-state index is 12.7. The summed E-state index contributed by atoms with van der Waals surface area (Å²) in [4.78, 5) is 37.0. The Morgan fingerprint density at radius 1 is 0.854 bits per heavy atom. The Kier molecular flexibility index (Phi) is 11.5. The lowest BCUT2D eigenvalue weighted by Gasteiger charge is -2.16. The second-order valence-electron chi connectivity index (χ2n) is 9.66. The molecular weight excluding hydrogens is 546 g/mol. The summed E-state index contributed by atoms with van der Waals surface area (Å²) in [5, 5.41) is 12.1. The molecule has 0 aliphatic rings. The highest BCUT2D eigenvalue weighted by Crippen LogP contribution is 2.19. The molecule has 0 aromatic heterocycles. The molecule has 1 amide bonds. The molecule has 0 saturated heterocycles. The zero-order chi connectivity index (χ0) is 29.8. The third kappa shape index (κ3) is 9.75. The average Bonchev–Trinajstić information content (AvgIpc) is 2.95. The van der Waals surface area contributed by atoms with Crippen molar-refractivity contribution in [3.05, 3.63) is 89.5 Å². The van der Waals surface area contributed by atoms with Crippen LogP contribution in [0.2, 0.25) is 0 Å². The van der Waals surface area contributed by atoms with Crippen molar-refractivity contribution in [2.45, 2.75) is 56.4 Å². The molecule has 0 spiro atoms. The van der Waals surface area contributed by atoms with Gasteiger partial charge in [0.25, 0.3) is 5.91 Å². The number of carbonyl (C=O) groups excluding carboxylic acids is 2. The molecule has 1 atom stereocenters. The molecule has 0 fully saturated rings. The van der Waals surface area contributed by atoms with E-state index in [4.69, 9.17) is 9.47 Å². The van der Waals surface area contributed by atoms with Gasteiger partial charge < -0.3 is 19.9 Å². The first-order valence-electron chi connectivity index (χ1n) is 13.4. The van der Waals surface area contributed by atoms with Crippen molar-refractivity contribution < 1.29 is 37.4 Å². The lowest BCUT2D eigenvalue weighted by atomic mass is 10.1. The van der Waals surface area contributed by atoms with E-state index in [9.17, 15) is 27.9 Å². The Hall–Kier alpha value is -4.18. The molecule has 0 aliphatic heterocycles. The van der Waals surface area contributed by atoms with Gasteiger partial charge in [0.15, 0.2) is 9.84 Å². The number of hydrogen-bond acceptors (Lipinski definition) is 7. The number of aliphatic carboxylic acids is 1. The van der Waals surface area contributed by atoms with E-state index in [-0.39, 0.29) is 22.6 Å². The topological polar surface area (TPSA) is 136 Å². The van der Waals surface area contributed by atoms with E-state index >= 15 is 0 Å². The quantitative estimate of drug-likeness (QED) is 0.144. The van der Waals surface area contributed by atoms with Crippen LogP contribution < -0.4 is 14.8 Å². The molecule has 0 saturated carbocycles. The minimum Gasteiger partial charge on any atom is -0.494 e. The fourth-order valence-electron chi connectivity index (χ4n) is 4.09. The Balaban J connectivity index is 1.55. The minimum atomic E-state index is -3.69. The summed E-state index contributed by atoms with van der Waals surface area (Å²) in [6, 6.07) is 17.2. The van der Waals surface area contributed by atoms with Gasteiger partial charge in [-0.1, -0.05) is 56.9 Å². The Labute approximate surface area is 240 Å². The molecule has 0 heterocycles. The zero-order valence-electron chi connectivity index (χ0n) is 23.2. The van der Waals surface area contributed by atoms with Crippen molar-refractivity contribution in [2.24, 2.45) is 0 Å². The highest BCUT2D eigenvalue weighted by Gasteiger charge is 2.24. The maximum atomic E-state index is 12.7. The molecule has 3 aromatic rings. The molecule has 0 bridgehead atoms. The van der Waals surface area contributed by atoms with Crippen LogP contribution in [0, 0.1) is 0 Å². The van der Waals surface area contributed by atoms with Crippen LogP contribution in [0.25, 0.3) is 0 Å². The van der Waals surface area contributed by atoms with E-state index in [2.05, 4.69) is 12.2 Å². The standard InChI is InChI=1S/C31H35NO8S/c1-3-4-5-6-9-20-39-24-18-14-23(15-19-24)31(36)40-25-16-12-22(13-17-25)21-27(30(34)35)32-29(33)26-10-7-8-11-28(26)41(2,37)38/h7-8,10-19,27H,3-6,9,20-21H2,1-2H3,(H,32,33)(H,34,35). The number of carbonyl (C=O) groups is 3. The molecule has 0 aliphatic carbocycles. The summed E-state index contributed by atoms with van der Waals surface area (Å²) in [5.41, 5.74) is 0.781. The summed E-state index contributed by atoms with van der Waals surface area (Å²) >= 11 is 0. The van der Waals surface area contributed by atoms with Crippen LogP contribution in [0.1, 0.15) is 65.3 Å². The van der Waals surface area contributed by atoms with Crippen LogP contribution in [-0.2, 0) is 21.1 Å². The molecule has 218 valence electrons. The van der Waals surface area contributed by atoms with Crippen molar-refractivity contribution in [1.82, 2.24) is 5.32 Å². The third-order valence-electron chi connectivity index (χ3n) is 6.31. The fraction of sp³-hybridized carbons (Fsp3) is 0.323. The number of ether oxygens (including phenoxy) is 2. The molecule has 9 nitrogen and oxygen atoms in total. The zero-order valence-corrected chi connectivity index (χ0v) is 24.0. The van der Waals surface area contributed by atoms with Crippen LogP contribution >= 0.6 is 0 Å². The van der Waals surface area contributed by atoms with Gasteiger partial charge in [0.05, 0.1) is 22.6 Å². The van der Waals surface area contributed by atoms with Crippen molar-refractivity contribution in [2.75, 3.05) is 12.9 Å². The van der Waals surface area contributed by atoms with Crippen molar-refractivity contribution >= 4 is 27.7 Å². The lowest BCUT2D eigenvalue weighted by molar-refractivity contribution is -0.139. The van der Waals surface area contributed by atoms with Crippen LogP contribution in [0.5, 0.6) is 11.5 Å². The molecule has 3 aromatic carbocycles. The van der Waals surface area contributed by atoms with Crippen LogP contribution in [-0.4, -0.2) is 50.3 Å². The summed E-state index contributed by atoms with van der Waals surface area (Å²) in [6.07, 6.45) is 6.63. The van der Waals surface area contributed by atoms with Gasteiger partial charge in [-0.25, -0.2) is 18.0 Å². The summed E-state index contributed by atoms with van der Waals surface area (Å²) in [5.74, 6) is -1.70. The van der Waals surface area contributed by atoms with E-state index in [1.165, 1.54) is 55.7 Å². The Bertz CT molecular complexity index is 1430. The minimum absolute atomic E-state index is 0.0730. The first-order chi connectivity index (χ1) is 19.6. The van der Waals surface area contributed by atoms with E-state index in [1.54, 1.807) is 36.4 Å². The average molecular weight is 582 g/mol. The number of carboxylic acids is 1. The second kappa shape index (κ2) is 15.0. The Morgan fingerprint density at radius 3 is 2.12 bits per heavy atom. The van der Waals surface area contributed by atoms with Gasteiger partial charge in [0.1, 0.15) is 17.5 Å². The molecule has 3 rings (SSSR count). The highest BCUT2D eigenvalue weighted by atomic mass is 32.2. The normalized spacial score (nSPS) is 11.9. The number of rotatable bonds is 15. The largest absolute Gasteiger partial charge is 0.494 e. The van der Waals surface area contributed by atoms with Gasteiger partial charge in [-0.3, -0.25) is 4.79 Å². The van der Waals surface area contributed by atoms with Crippen LogP contribution in [0.15, 0.2) is 77.7 Å². The van der Waals surface area contributed by atoms with Crippen LogP contribution in [0.4, 0.5) is 0 Å². The highest BCUT2D eigenvalue weighted by molar-refractivity contribution is 7.90. The van der Waals surface area contributed by atoms with Crippen LogP contribution in [0.3, 0.4) is 0 Å². The van der Waals surface area contributed by atoms with Gasteiger partial charge >= 0.3 is 11.9 Å². The summed E-state index contributed by atoms with van der Waals surface area (Å²) < 4.78 is 35.2. The van der Waals surface area contributed by atoms with Crippen molar-refractivity contribution in [3.8, 4) is 11.5 Å². The number of amides is 1. The predicted octanol–water partition coefficient (Wildman–Crippen LogP) is 5.08. The molecule has 10 heteroatoms. The maximum Gasteiger partial charge on any atom is 0.343 e. The third-order valence-corrected chi connectivity index (χ3v) is 7.47. The fourth-order valence-corrected chi connectivity index (χ4v) is 4.98. The number of benzene rings is 3. The molecule has 0 radical (unpaired) electrons. The second-order valence-corrected chi connectivity index (χ2v) is 11.6. The van der Waals surface area contributed by atoms with Gasteiger partial charge in [-0.05, 0) is 60.5 Å². The predicted molar refractivity (Wildman–Crippen MR) is 154 cm³/mol. The first-order valence-corrected chi connectivity index (χ1v) is 15.3. The number of esters is 1. The number of nitrogens with one attached hydrogen (secondary N) is 1. The number of sulfone groups is 1. The monoisotopic (exact) mass is 581 g/mol. The summed E-state index contributed by atoms with van der Waals surface area (Å²) in [7, 11) is -3.69. The molecular formula is C31H35NO8S. The smallest absolute Gasteiger partial charge is 0.343 e. The van der Waals surface area contributed by atoms with Gasteiger partial charge in [0.2, 0.25) is 0 Å². The molecule has 2 N–H and O–H groups in total. The summed E-state index contributed by atoms with van der Waals surface area (Å²) in [6.45, 7) is 2.80. The van der Waals surface area contributed by atoms with Gasteiger partial charge in [-0.2, -0.15) is 0 Å². The van der Waals surface area contributed by atoms with E-state index in [0.717, 1.165) is 19.1 Å². The van der Waals surface area contributed by atoms with Crippen molar-refractivity contribution in [3.63, 3.8) is 0 Å². The Morgan fingerprint density at radius 2 is 1.49 bits per heavy atom. The van der Waals surface area contributed by atoms with E-state index in [0.29, 0.717) is 23.5 Å². The van der Waals surface area contributed by atoms with Gasteiger partial charge in [0, 0.05) is 12.7 Å². The molecule has 1 unspecified atom stereocenters. The van der Waals surface area contributed by atoms with E-state index < -0.39 is 33.7 Å². The number of unbranched alkanes of at least 4 members (excludes halogenated alkanes) is 4. The first kappa shape index (κ1) is 31.3. The SMILES string of the molecule is CCCCCCCOc1ccc(C(=O)Oc2ccc(CC(NC(=O)c3ccccc3S(C)(=O)=O)C(=O)O)cc2)cc1. The van der Waals surface area contributed by atoms with Crippen molar-refractivity contribution in [1.29, 1.82) is 0 Å². The van der Waals surface area contributed by atoms with E-state index in [1.807, 2.05) is 0 Å². The lowest BCUT2D eigenvalue weighted by Crippen LogP contribution is -2.42. The number of carboxylic acid groups (broad SMARTS) is 1.